The van der Waals surface area contributed by atoms with Gasteiger partial charge in [-0.15, -0.1) is 0 Å². The van der Waals surface area contributed by atoms with E-state index in [0.717, 1.165) is 0 Å². The molecule has 0 aliphatic carbocycles. The average Bonchev–Trinajstić information content (AvgIpc) is 3.71. The highest BCUT2D eigenvalue weighted by molar-refractivity contribution is 6.10. The van der Waals surface area contributed by atoms with Gasteiger partial charge in [0.2, 0.25) is 11.2 Å². The van der Waals surface area contributed by atoms with Crippen LogP contribution in [-0.4, -0.2) is 63.9 Å². The van der Waals surface area contributed by atoms with Gasteiger partial charge in [0.1, 0.15) is 29.9 Å². The van der Waals surface area contributed by atoms with E-state index < -0.39 is 23.4 Å². The van der Waals surface area contributed by atoms with E-state index in [2.05, 4.69) is 128 Å². The minimum atomic E-state index is -1.34. The normalized spacial score (nSPS) is 11.0. The quantitative estimate of drug-likeness (QED) is 0.0720. The molecule has 0 bridgehead atoms. The van der Waals surface area contributed by atoms with Gasteiger partial charge in [0.15, 0.2) is 5.78 Å². The predicted molar refractivity (Wildman–Crippen MR) is 294 cm³/mol. The summed E-state index contributed by atoms with van der Waals surface area (Å²) in [7, 11) is 7.78. The van der Waals surface area contributed by atoms with Gasteiger partial charge in [-0.2, -0.15) is 4.57 Å². The smallest absolute Gasteiger partial charge is 0.339 e. The number of pyridine rings is 1. The number of ether oxygens (including phenoxy) is 1. The van der Waals surface area contributed by atoms with Crippen molar-refractivity contribution in [2.75, 3.05) is 26.1 Å². The number of hydrogen-bond donors (Lipinski definition) is 4. The molecule has 0 spiro atoms. The minimum Gasteiger partial charge on any atom is -0.872 e. The number of carbonyl (C=O) groups excluding carboxylic acids is 1. The maximum Gasteiger partial charge on any atom is 0.339 e. The molecule has 0 aliphatic heterocycles. The van der Waals surface area contributed by atoms with Crippen LogP contribution in [0.15, 0.2) is 176 Å². The van der Waals surface area contributed by atoms with Crippen LogP contribution >= 0.6 is 0 Å². The predicted octanol–water partition coefficient (Wildman–Crippen LogP) is 11.7. The number of phenols is 2. The van der Waals surface area contributed by atoms with Crippen LogP contribution in [-0.2, 0) is 13.5 Å². The second kappa shape index (κ2) is 22.4. The SMILES string of the molecule is COc1ccc(C(=O)c2ccccc2)c(O)c1.Cc1cc(C=Cc2ccc3cc(N(C)C)ccc3[n+]2C)c(C)n1-c1ccccc1.O=C(O)c1cc2ccccc2c(Cc2c(O)c(C(=O)O)cc3ccccc23)c1[O-]. The molecule has 2 aromatic heterocycles. The van der Waals surface area contributed by atoms with Crippen LogP contribution in [0, 0.1) is 13.8 Å². The van der Waals surface area contributed by atoms with Crippen LogP contribution in [0.2, 0.25) is 0 Å². The van der Waals surface area contributed by atoms with E-state index in [0.29, 0.717) is 32.9 Å². The first-order chi connectivity index (χ1) is 36.1. The number of carboxylic acid groups (broad SMARTS) is 2. The van der Waals surface area contributed by atoms with E-state index in [-0.39, 0.29) is 45.8 Å². The molecule has 8 aromatic carbocycles. The third-order valence-corrected chi connectivity index (χ3v) is 13.2. The lowest BCUT2D eigenvalue weighted by Crippen LogP contribution is -2.32. The van der Waals surface area contributed by atoms with Crippen molar-refractivity contribution in [3.63, 3.8) is 0 Å². The summed E-state index contributed by atoms with van der Waals surface area (Å²) in [5, 5.41) is 55.8. The molecule has 10 rings (SSSR count). The Bertz CT molecular complexity index is 3710. The number of aromatic hydroxyl groups is 2. The van der Waals surface area contributed by atoms with Gasteiger partial charge in [-0.25, -0.2) is 9.59 Å². The molecule has 2 heterocycles. The van der Waals surface area contributed by atoms with Gasteiger partial charge < -0.3 is 39.7 Å². The summed E-state index contributed by atoms with van der Waals surface area (Å²) < 4.78 is 9.52. The average molecular weight is 998 g/mol. The standard InChI is InChI=1S/C26H28N3.C23H16O6.C14H12O3/c1-19-17-21(20(2)29(19)24-9-7-6-8-10-24)11-13-23-14-12-22-18-25(27(3)4)15-16-26(22)28(23)5;24-20-16(14-7-3-1-5-12(14)9-18(20)22(26)27)11-17-15-8-4-2-6-13(15)10-19(21(17)25)23(28)29;1-17-11-7-8-12(13(15)9-11)14(16)10-5-3-2-4-6-10/h6-18H,1-5H3;1-10,24-25H,11H2,(H,26,27)(H,28,29);2-9,15H,1H3/q+1;;/p-1. The fourth-order valence-electron chi connectivity index (χ4n) is 9.20. The number of benzene rings is 8. The van der Waals surface area contributed by atoms with Crippen molar-refractivity contribution in [2.45, 2.75) is 20.3 Å². The minimum absolute atomic E-state index is 0.0711. The maximum absolute atomic E-state index is 12.9. The van der Waals surface area contributed by atoms with E-state index in [9.17, 15) is 39.9 Å². The summed E-state index contributed by atoms with van der Waals surface area (Å²) in [5.74, 6) is -3.46. The number of fused-ring (bicyclic) bond motifs is 3. The molecule has 12 heteroatoms. The summed E-state index contributed by atoms with van der Waals surface area (Å²) in [6.45, 7) is 4.35. The van der Waals surface area contributed by atoms with Crippen LogP contribution in [0.4, 0.5) is 5.69 Å². The Hall–Kier alpha value is -9.68. The molecule has 0 radical (unpaired) electrons. The first-order valence-corrected chi connectivity index (χ1v) is 24.0. The Morgan fingerprint density at radius 2 is 1.24 bits per heavy atom. The van der Waals surface area contributed by atoms with Crippen molar-refractivity contribution >= 4 is 68.0 Å². The first-order valence-electron chi connectivity index (χ1n) is 24.0. The van der Waals surface area contributed by atoms with E-state index in [1.165, 1.54) is 70.2 Å². The lowest BCUT2D eigenvalue weighted by Gasteiger charge is -2.21. The zero-order valence-corrected chi connectivity index (χ0v) is 42.3. The third kappa shape index (κ3) is 11.1. The molecule has 0 atom stereocenters. The summed E-state index contributed by atoms with van der Waals surface area (Å²) in [6.07, 6.45) is 4.32. The van der Waals surface area contributed by atoms with Gasteiger partial charge in [0.25, 0.3) is 0 Å². The maximum atomic E-state index is 12.9. The number of aromatic carboxylic acids is 2. The van der Waals surface area contributed by atoms with Gasteiger partial charge in [0, 0.05) is 84.1 Å². The largest absolute Gasteiger partial charge is 0.872 e. The van der Waals surface area contributed by atoms with Crippen LogP contribution < -0.4 is 19.3 Å². The van der Waals surface area contributed by atoms with E-state index in [4.69, 9.17) is 4.74 Å². The molecular formula is C63H55N3O9. The van der Waals surface area contributed by atoms with Crippen molar-refractivity contribution in [3.05, 3.63) is 232 Å². The van der Waals surface area contributed by atoms with Crippen molar-refractivity contribution in [2.24, 2.45) is 7.05 Å². The highest BCUT2D eigenvalue weighted by Crippen LogP contribution is 2.38. The number of hydrogen-bond acceptors (Lipinski definition) is 8. The van der Waals surface area contributed by atoms with Crippen LogP contribution in [0.3, 0.4) is 0 Å². The second-order valence-electron chi connectivity index (χ2n) is 18.1. The fraction of sp³-hybridized carbons (Fsp3) is 0.111. The molecular weight excluding hydrogens is 943 g/mol. The zero-order chi connectivity index (χ0) is 53.5. The molecule has 4 N–H and O–H groups in total. The van der Waals surface area contributed by atoms with Crippen molar-refractivity contribution < 1.29 is 49.2 Å². The monoisotopic (exact) mass is 997 g/mol. The van der Waals surface area contributed by atoms with E-state index >= 15 is 0 Å². The molecule has 0 unspecified atom stereocenters. The van der Waals surface area contributed by atoms with Gasteiger partial charge in [-0.05, 0) is 113 Å². The number of carboxylic acids is 2. The number of methoxy groups -OCH3 is 1. The first kappa shape index (κ1) is 51.7. The van der Waals surface area contributed by atoms with Gasteiger partial charge in [-0.1, -0.05) is 103 Å². The van der Waals surface area contributed by atoms with Crippen molar-refractivity contribution in [3.8, 4) is 28.7 Å². The lowest BCUT2D eigenvalue weighted by atomic mass is 9.90. The number of anilines is 1. The Balaban J connectivity index is 0.000000155. The molecule has 0 aliphatic rings. The zero-order valence-electron chi connectivity index (χ0n) is 42.3. The summed E-state index contributed by atoms with van der Waals surface area (Å²) in [5.41, 5.74) is 9.22. The Kier molecular flexibility index (Phi) is 15.4. The van der Waals surface area contributed by atoms with E-state index in [1.807, 2.05) is 6.07 Å². The third-order valence-electron chi connectivity index (χ3n) is 13.2. The number of rotatable bonds is 11. The molecule has 75 heavy (non-hydrogen) atoms. The van der Waals surface area contributed by atoms with Gasteiger partial charge in [0.05, 0.1) is 18.2 Å². The van der Waals surface area contributed by atoms with E-state index in [1.54, 1.807) is 84.9 Å². The number of ketones is 1. The summed E-state index contributed by atoms with van der Waals surface area (Å²) >= 11 is 0. The number of aromatic nitrogens is 2. The second-order valence-corrected chi connectivity index (χ2v) is 18.1. The molecule has 0 amide bonds. The molecule has 10 aromatic rings. The highest BCUT2D eigenvalue weighted by Gasteiger charge is 2.21. The van der Waals surface area contributed by atoms with Crippen molar-refractivity contribution in [1.82, 2.24) is 4.57 Å². The van der Waals surface area contributed by atoms with Gasteiger partial charge >= 0.3 is 11.9 Å². The number of carbonyl (C=O) groups is 3. The van der Waals surface area contributed by atoms with Gasteiger partial charge in [-0.3, -0.25) is 4.79 Å². The molecule has 0 saturated heterocycles. The Morgan fingerprint density at radius 3 is 1.85 bits per heavy atom. The Labute approximate surface area is 434 Å². The van der Waals surface area contributed by atoms with Crippen LogP contribution in [0.1, 0.15) is 70.4 Å². The molecule has 0 fully saturated rings. The molecule has 12 nitrogen and oxygen atoms in total. The number of aryl methyl sites for hydroxylation is 2. The topological polar surface area (TPSA) is 176 Å². The van der Waals surface area contributed by atoms with Crippen molar-refractivity contribution in [1.29, 1.82) is 0 Å². The number of phenolic OH excluding ortho intramolecular Hbond substituents is 1. The summed E-state index contributed by atoms with van der Waals surface area (Å²) in [6, 6.07) is 53.8. The fourth-order valence-corrected chi connectivity index (χ4v) is 9.20. The molecule has 376 valence electrons. The number of nitrogens with zero attached hydrogens (tertiary/aromatic N) is 3. The number of para-hydroxylation sites is 1. The lowest BCUT2D eigenvalue weighted by molar-refractivity contribution is -0.646. The molecule has 0 saturated carbocycles. The highest BCUT2D eigenvalue weighted by atomic mass is 16.5. The van der Waals surface area contributed by atoms with Crippen LogP contribution in [0.5, 0.6) is 23.0 Å². The Morgan fingerprint density at radius 1 is 0.640 bits per heavy atom. The summed E-state index contributed by atoms with van der Waals surface area (Å²) in [4.78, 5) is 37.4. The van der Waals surface area contributed by atoms with Crippen LogP contribution in [0.25, 0.3) is 50.3 Å².